The third-order valence-electron chi connectivity index (χ3n) is 6.07. The largest absolute Gasteiger partial charge is 0.493 e. The maximum absolute atomic E-state index is 5.45. The number of hydrogen-bond donors (Lipinski definition) is 0. The Bertz CT molecular complexity index is 1500. The molecule has 0 radical (unpaired) electrons. The highest BCUT2D eigenvalue weighted by atomic mass is 16.5. The molecular formula is C25H25N5O2. The van der Waals surface area contributed by atoms with Crippen molar-refractivity contribution in [1.82, 2.24) is 24.1 Å². The van der Waals surface area contributed by atoms with Gasteiger partial charge in [0.1, 0.15) is 6.33 Å². The van der Waals surface area contributed by atoms with Gasteiger partial charge in [-0.2, -0.15) is 0 Å². The molecule has 0 aliphatic carbocycles. The number of hydrogen-bond acceptors (Lipinski definition) is 5. The summed E-state index contributed by atoms with van der Waals surface area (Å²) in [6, 6.07) is 12.2. The van der Waals surface area contributed by atoms with E-state index in [1.165, 1.54) is 11.1 Å². The normalized spacial score (nSPS) is 11.4. The van der Waals surface area contributed by atoms with E-state index in [2.05, 4.69) is 55.6 Å². The van der Waals surface area contributed by atoms with Gasteiger partial charge in [-0.1, -0.05) is 17.7 Å². The van der Waals surface area contributed by atoms with Crippen LogP contribution < -0.4 is 9.47 Å². The van der Waals surface area contributed by atoms with Crippen LogP contribution >= 0.6 is 0 Å². The Morgan fingerprint density at radius 1 is 0.844 bits per heavy atom. The van der Waals surface area contributed by atoms with Crippen molar-refractivity contribution in [2.24, 2.45) is 0 Å². The van der Waals surface area contributed by atoms with Crippen molar-refractivity contribution in [3.8, 4) is 28.6 Å². The molecule has 2 aromatic carbocycles. The van der Waals surface area contributed by atoms with Crippen molar-refractivity contribution < 1.29 is 9.47 Å². The van der Waals surface area contributed by atoms with Crippen molar-refractivity contribution in [2.75, 3.05) is 14.2 Å². The third kappa shape index (κ3) is 2.92. The molecule has 7 nitrogen and oxygen atoms in total. The number of fused-ring (bicyclic) bond motifs is 3. The molecule has 0 aliphatic heterocycles. The van der Waals surface area contributed by atoms with Crippen LogP contribution in [-0.2, 0) is 0 Å². The Morgan fingerprint density at radius 2 is 1.62 bits per heavy atom. The Kier molecular flexibility index (Phi) is 4.62. The van der Waals surface area contributed by atoms with Gasteiger partial charge in [0, 0.05) is 11.3 Å². The lowest BCUT2D eigenvalue weighted by Gasteiger charge is -2.12. The van der Waals surface area contributed by atoms with Gasteiger partial charge in [-0.3, -0.25) is 4.57 Å². The minimum absolute atomic E-state index is 0.608. The summed E-state index contributed by atoms with van der Waals surface area (Å²) in [6.45, 7) is 8.48. The predicted molar refractivity (Wildman–Crippen MR) is 125 cm³/mol. The monoisotopic (exact) mass is 427 g/mol. The van der Waals surface area contributed by atoms with Crippen LogP contribution in [0.5, 0.6) is 11.5 Å². The number of aromatic nitrogens is 5. The lowest BCUT2D eigenvalue weighted by molar-refractivity contribution is 0.355. The van der Waals surface area contributed by atoms with E-state index in [0.29, 0.717) is 17.3 Å². The summed E-state index contributed by atoms with van der Waals surface area (Å²) in [6.07, 6.45) is 1.73. The molecule has 0 atom stereocenters. The molecule has 0 unspecified atom stereocenters. The zero-order valence-corrected chi connectivity index (χ0v) is 19.1. The van der Waals surface area contributed by atoms with Crippen LogP contribution in [0.3, 0.4) is 0 Å². The molecule has 0 saturated carbocycles. The summed E-state index contributed by atoms with van der Waals surface area (Å²) in [5, 5.41) is 5.69. The fourth-order valence-electron chi connectivity index (χ4n) is 4.31. The van der Waals surface area contributed by atoms with Crippen LogP contribution in [0.1, 0.15) is 22.4 Å². The summed E-state index contributed by atoms with van der Waals surface area (Å²) in [5.74, 6) is 1.91. The Labute approximate surface area is 186 Å². The number of rotatable bonds is 4. The highest BCUT2D eigenvalue weighted by molar-refractivity contribution is 5.95. The fourth-order valence-corrected chi connectivity index (χ4v) is 4.31. The van der Waals surface area contributed by atoms with Gasteiger partial charge in [-0.25, -0.2) is 14.5 Å². The predicted octanol–water partition coefficient (Wildman–Crippen LogP) is 4.99. The topological polar surface area (TPSA) is 66.5 Å². The molecule has 0 spiro atoms. The second-order valence-electron chi connectivity index (χ2n) is 8.05. The summed E-state index contributed by atoms with van der Waals surface area (Å²) in [5.41, 5.74) is 8.37. The molecule has 0 aliphatic rings. The first kappa shape index (κ1) is 20.1. The standard InChI is InChI=1S/C25H25N5O2/c1-14-7-9-19(15(2)11-14)30-17(4)16(3)22-24(30)26-13-29-25(22)27-23(28-29)18-8-10-20(31-5)21(12-18)32-6/h7-13H,1-6H3. The van der Waals surface area contributed by atoms with Gasteiger partial charge in [0.2, 0.25) is 0 Å². The average molecular weight is 428 g/mol. The van der Waals surface area contributed by atoms with Crippen LogP contribution in [0.2, 0.25) is 0 Å². The first-order valence-corrected chi connectivity index (χ1v) is 10.5. The molecule has 0 amide bonds. The number of benzene rings is 2. The summed E-state index contributed by atoms with van der Waals surface area (Å²) >= 11 is 0. The van der Waals surface area contributed by atoms with Crippen LogP contribution in [0.4, 0.5) is 0 Å². The highest BCUT2D eigenvalue weighted by Gasteiger charge is 2.20. The first-order valence-electron chi connectivity index (χ1n) is 10.5. The van der Waals surface area contributed by atoms with E-state index in [0.717, 1.165) is 39.2 Å². The molecule has 162 valence electrons. The molecule has 0 saturated heterocycles. The van der Waals surface area contributed by atoms with Crippen molar-refractivity contribution in [3.63, 3.8) is 0 Å². The van der Waals surface area contributed by atoms with E-state index >= 15 is 0 Å². The molecule has 0 bridgehead atoms. The Balaban J connectivity index is 1.74. The number of methoxy groups -OCH3 is 2. The molecule has 0 fully saturated rings. The second-order valence-corrected chi connectivity index (χ2v) is 8.05. The van der Waals surface area contributed by atoms with Crippen LogP contribution in [0.25, 0.3) is 33.8 Å². The van der Waals surface area contributed by atoms with E-state index in [4.69, 9.17) is 19.4 Å². The lowest BCUT2D eigenvalue weighted by Crippen LogP contribution is -2.01. The maximum Gasteiger partial charge on any atom is 0.182 e. The molecule has 7 heteroatoms. The van der Waals surface area contributed by atoms with Gasteiger partial charge in [0.05, 0.1) is 25.3 Å². The minimum atomic E-state index is 0.608. The van der Waals surface area contributed by atoms with Gasteiger partial charge in [0.25, 0.3) is 0 Å². The Hall–Kier alpha value is -3.87. The van der Waals surface area contributed by atoms with E-state index in [-0.39, 0.29) is 0 Å². The van der Waals surface area contributed by atoms with Crippen molar-refractivity contribution in [2.45, 2.75) is 27.7 Å². The highest BCUT2D eigenvalue weighted by Crippen LogP contribution is 2.34. The maximum atomic E-state index is 5.45. The van der Waals surface area contributed by atoms with Crippen LogP contribution in [-0.4, -0.2) is 38.4 Å². The van der Waals surface area contributed by atoms with E-state index in [1.54, 1.807) is 25.1 Å². The zero-order valence-electron chi connectivity index (χ0n) is 19.1. The van der Waals surface area contributed by atoms with Gasteiger partial charge in [0.15, 0.2) is 28.6 Å². The second kappa shape index (κ2) is 7.37. The zero-order chi connectivity index (χ0) is 22.6. The minimum Gasteiger partial charge on any atom is -0.493 e. The molecule has 3 heterocycles. The van der Waals surface area contributed by atoms with E-state index in [9.17, 15) is 0 Å². The number of ether oxygens (including phenoxy) is 2. The van der Waals surface area contributed by atoms with Crippen molar-refractivity contribution in [3.05, 3.63) is 65.1 Å². The SMILES string of the molecule is COc1ccc(-c2nc3c4c(C)c(C)n(-c5ccc(C)cc5C)c4ncn3n2)cc1OC. The smallest absolute Gasteiger partial charge is 0.182 e. The fraction of sp³-hybridized carbons (Fsp3) is 0.240. The Morgan fingerprint density at radius 3 is 2.34 bits per heavy atom. The summed E-state index contributed by atoms with van der Waals surface area (Å²) in [7, 11) is 3.24. The molecule has 0 N–H and O–H groups in total. The molecule has 5 rings (SSSR count). The third-order valence-corrected chi connectivity index (χ3v) is 6.07. The van der Waals surface area contributed by atoms with Gasteiger partial charge in [-0.05, 0) is 63.1 Å². The summed E-state index contributed by atoms with van der Waals surface area (Å²) < 4.78 is 14.8. The molecular weight excluding hydrogens is 402 g/mol. The van der Waals surface area contributed by atoms with E-state index in [1.807, 2.05) is 18.2 Å². The molecule has 5 aromatic rings. The lowest BCUT2D eigenvalue weighted by atomic mass is 10.1. The number of nitrogens with zero attached hydrogens (tertiary/aromatic N) is 5. The summed E-state index contributed by atoms with van der Waals surface area (Å²) in [4.78, 5) is 9.67. The first-order chi connectivity index (χ1) is 15.4. The molecule has 32 heavy (non-hydrogen) atoms. The van der Waals surface area contributed by atoms with Crippen molar-refractivity contribution in [1.29, 1.82) is 0 Å². The molecule has 3 aromatic heterocycles. The van der Waals surface area contributed by atoms with Gasteiger partial charge < -0.3 is 9.47 Å². The quantitative estimate of drug-likeness (QED) is 0.404. The van der Waals surface area contributed by atoms with Crippen molar-refractivity contribution >= 4 is 16.7 Å². The van der Waals surface area contributed by atoms with E-state index < -0.39 is 0 Å². The van der Waals surface area contributed by atoms with Gasteiger partial charge >= 0.3 is 0 Å². The number of aryl methyl sites for hydroxylation is 3. The van der Waals surface area contributed by atoms with Gasteiger partial charge in [-0.15, -0.1) is 5.10 Å². The van der Waals surface area contributed by atoms with Crippen LogP contribution in [0.15, 0.2) is 42.7 Å². The van der Waals surface area contributed by atoms with Crippen LogP contribution in [0, 0.1) is 27.7 Å². The average Bonchev–Trinajstić information content (AvgIpc) is 3.33.